The van der Waals surface area contributed by atoms with Crippen LogP contribution in [0.3, 0.4) is 0 Å². The fraction of sp³-hybridized carbons (Fsp3) is 0.647. The Bertz CT molecular complexity index is 379. The minimum Gasteiger partial charge on any atom is -0.380 e. The van der Waals surface area contributed by atoms with E-state index in [1.807, 2.05) is 0 Å². The highest BCUT2D eigenvalue weighted by Gasteiger charge is 2.27. The molecule has 3 rings (SSSR count). The Morgan fingerprint density at radius 1 is 1.10 bits per heavy atom. The second kappa shape index (κ2) is 7.21. The summed E-state index contributed by atoms with van der Waals surface area (Å²) in [4.78, 5) is 2.59. The first kappa shape index (κ1) is 14.1. The molecule has 110 valence electrons. The molecular weight excluding hydrogens is 248 g/mol. The highest BCUT2D eigenvalue weighted by atomic mass is 16.5. The zero-order chi connectivity index (χ0) is 13.6. The first-order valence-electron chi connectivity index (χ1n) is 7.96. The predicted molar refractivity (Wildman–Crippen MR) is 81.6 cm³/mol. The molecule has 2 aliphatic heterocycles. The van der Waals surface area contributed by atoms with Gasteiger partial charge in [-0.3, -0.25) is 4.90 Å². The molecule has 0 amide bonds. The summed E-state index contributed by atoms with van der Waals surface area (Å²) < 4.78 is 5.71. The van der Waals surface area contributed by atoms with Gasteiger partial charge in [0.15, 0.2) is 0 Å². The largest absolute Gasteiger partial charge is 0.380 e. The van der Waals surface area contributed by atoms with Crippen LogP contribution in [0.25, 0.3) is 0 Å². The lowest BCUT2D eigenvalue weighted by atomic mass is 9.84. The minimum atomic E-state index is 0.719. The maximum atomic E-state index is 5.71. The molecule has 0 aliphatic carbocycles. The van der Waals surface area contributed by atoms with Crippen molar-refractivity contribution in [3.8, 4) is 0 Å². The third kappa shape index (κ3) is 3.81. The maximum absolute atomic E-state index is 5.71. The van der Waals surface area contributed by atoms with Gasteiger partial charge in [0, 0.05) is 19.6 Å². The molecule has 3 heteroatoms. The Hall–Kier alpha value is -0.900. The maximum Gasteiger partial charge on any atom is 0.0591 e. The SMILES string of the molecule is c1ccc(CN2CCC(C3CNCCOC3)CC2)cc1. The van der Waals surface area contributed by atoms with E-state index >= 15 is 0 Å². The van der Waals surface area contributed by atoms with Gasteiger partial charge in [-0.15, -0.1) is 0 Å². The summed E-state index contributed by atoms with van der Waals surface area (Å²) in [7, 11) is 0. The van der Waals surface area contributed by atoms with Crippen molar-refractivity contribution in [3.05, 3.63) is 35.9 Å². The van der Waals surface area contributed by atoms with Crippen LogP contribution in [0.1, 0.15) is 18.4 Å². The smallest absolute Gasteiger partial charge is 0.0591 e. The number of likely N-dealkylation sites (tertiary alicyclic amines) is 1. The van der Waals surface area contributed by atoms with Gasteiger partial charge in [-0.1, -0.05) is 30.3 Å². The van der Waals surface area contributed by atoms with Gasteiger partial charge in [0.05, 0.1) is 13.2 Å². The third-order valence-electron chi connectivity index (χ3n) is 4.71. The normalized spacial score (nSPS) is 26.3. The van der Waals surface area contributed by atoms with Crippen molar-refractivity contribution < 1.29 is 4.74 Å². The molecule has 1 atom stereocenters. The summed E-state index contributed by atoms with van der Waals surface area (Å²) in [6.45, 7) is 7.56. The van der Waals surface area contributed by atoms with E-state index in [4.69, 9.17) is 4.74 Å². The van der Waals surface area contributed by atoms with Crippen molar-refractivity contribution in [2.45, 2.75) is 19.4 Å². The summed E-state index contributed by atoms with van der Waals surface area (Å²) in [5.41, 5.74) is 1.44. The second-order valence-corrected chi connectivity index (χ2v) is 6.14. The quantitative estimate of drug-likeness (QED) is 0.914. The van der Waals surface area contributed by atoms with Crippen LogP contribution in [0, 0.1) is 11.8 Å². The highest BCUT2D eigenvalue weighted by Crippen LogP contribution is 2.26. The van der Waals surface area contributed by atoms with E-state index in [1.165, 1.54) is 31.5 Å². The van der Waals surface area contributed by atoms with E-state index in [9.17, 15) is 0 Å². The van der Waals surface area contributed by atoms with E-state index in [-0.39, 0.29) is 0 Å². The molecular formula is C17H26N2O. The number of hydrogen-bond acceptors (Lipinski definition) is 3. The van der Waals surface area contributed by atoms with Crippen molar-refractivity contribution in [3.63, 3.8) is 0 Å². The Morgan fingerprint density at radius 2 is 1.90 bits per heavy atom. The van der Waals surface area contributed by atoms with Crippen LogP contribution in [-0.2, 0) is 11.3 Å². The third-order valence-corrected chi connectivity index (χ3v) is 4.71. The molecule has 0 saturated carbocycles. The number of rotatable bonds is 3. The molecule has 0 bridgehead atoms. The fourth-order valence-electron chi connectivity index (χ4n) is 3.45. The van der Waals surface area contributed by atoms with Crippen LogP contribution in [0.2, 0.25) is 0 Å². The molecule has 1 N–H and O–H groups in total. The van der Waals surface area contributed by atoms with Crippen LogP contribution in [0.15, 0.2) is 30.3 Å². The van der Waals surface area contributed by atoms with Gasteiger partial charge in [0.1, 0.15) is 0 Å². The van der Waals surface area contributed by atoms with Crippen molar-refractivity contribution in [1.82, 2.24) is 10.2 Å². The number of hydrogen-bond donors (Lipinski definition) is 1. The van der Waals surface area contributed by atoms with Gasteiger partial charge >= 0.3 is 0 Å². The van der Waals surface area contributed by atoms with Crippen LogP contribution >= 0.6 is 0 Å². The van der Waals surface area contributed by atoms with E-state index in [0.29, 0.717) is 0 Å². The van der Waals surface area contributed by atoms with Crippen molar-refractivity contribution >= 4 is 0 Å². The lowest BCUT2D eigenvalue weighted by Gasteiger charge is -2.35. The summed E-state index contributed by atoms with van der Waals surface area (Å²) in [5.74, 6) is 1.56. The number of nitrogens with zero attached hydrogens (tertiary/aromatic N) is 1. The molecule has 2 aliphatic rings. The summed E-state index contributed by atoms with van der Waals surface area (Å²) in [5, 5.41) is 3.51. The van der Waals surface area contributed by atoms with Gasteiger partial charge in [0.2, 0.25) is 0 Å². The molecule has 2 fully saturated rings. The molecule has 1 aromatic carbocycles. The van der Waals surface area contributed by atoms with E-state index in [0.717, 1.165) is 44.7 Å². The Balaban J connectivity index is 1.46. The molecule has 1 aromatic rings. The molecule has 0 radical (unpaired) electrons. The standard InChI is InChI=1S/C17H26N2O/c1-2-4-15(5-3-1)13-19-9-6-16(7-10-19)17-12-18-8-11-20-14-17/h1-5,16-18H,6-14H2. The molecule has 2 saturated heterocycles. The van der Waals surface area contributed by atoms with E-state index in [2.05, 4.69) is 40.5 Å². The lowest BCUT2D eigenvalue weighted by Crippen LogP contribution is -2.38. The zero-order valence-electron chi connectivity index (χ0n) is 12.3. The van der Waals surface area contributed by atoms with Crippen LogP contribution in [-0.4, -0.2) is 44.3 Å². The molecule has 0 spiro atoms. The van der Waals surface area contributed by atoms with Crippen molar-refractivity contribution in [2.24, 2.45) is 11.8 Å². The van der Waals surface area contributed by atoms with Gasteiger partial charge in [-0.25, -0.2) is 0 Å². The zero-order valence-corrected chi connectivity index (χ0v) is 12.3. The van der Waals surface area contributed by atoms with Gasteiger partial charge < -0.3 is 10.1 Å². The van der Waals surface area contributed by atoms with Crippen LogP contribution in [0.4, 0.5) is 0 Å². The average Bonchev–Trinajstić information content (AvgIpc) is 2.78. The van der Waals surface area contributed by atoms with E-state index in [1.54, 1.807) is 0 Å². The Kier molecular flexibility index (Phi) is 5.06. The average molecular weight is 274 g/mol. The number of piperidine rings is 1. The lowest BCUT2D eigenvalue weighted by molar-refractivity contribution is 0.0727. The van der Waals surface area contributed by atoms with Crippen molar-refractivity contribution in [1.29, 1.82) is 0 Å². The first-order chi connectivity index (χ1) is 9.92. The number of ether oxygens (including phenoxy) is 1. The van der Waals surface area contributed by atoms with Gasteiger partial charge in [-0.2, -0.15) is 0 Å². The summed E-state index contributed by atoms with van der Waals surface area (Å²) in [6, 6.07) is 10.8. The molecule has 2 heterocycles. The summed E-state index contributed by atoms with van der Waals surface area (Å²) >= 11 is 0. The molecule has 1 unspecified atom stereocenters. The first-order valence-corrected chi connectivity index (χ1v) is 7.96. The monoisotopic (exact) mass is 274 g/mol. The topological polar surface area (TPSA) is 24.5 Å². The van der Waals surface area contributed by atoms with Crippen molar-refractivity contribution in [2.75, 3.05) is 39.4 Å². The second-order valence-electron chi connectivity index (χ2n) is 6.14. The highest BCUT2D eigenvalue weighted by molar-refractivity contribution is 5.14. The molecule has 20 heavy (non-hydrogen) atoms. The van der Waals surface area contributed by atoms with Gasteiger partial charge in [0.25, 0.3) is 0 Å². The van der Waals surface area contributed by atoms with Gasteiger partial charge in [-0.05, 0) is 43.3 Å². The minimum absolute atomic E-state index is 0.719. The Labute approximate surface area is 122 Å². The van der Waals surface area contributed by atoms with E-state index < -0.39 is 0 Å². The Morgan fingerprint density at radius 3 is 2.70 bits per heavy atom. The summed E-state index contributed by atoms with van der Waals surface area (Å²) in [6.07, 6.45) is 2.64. The molecule has 0 aromatic heterocycles. The van der Waals surface area contributed by atoms with Crippen LogP contribution in [0.5, 0.6) is 0 Å². The number of benzene rings is 1. The number of nitrogens with one attached hydrogen (secondary N) is 1. The predicted octanol–water partition coefficient (Wildman–Crippen LogP) is 2.13. The fourth-order valence-corrected chi connectivity index (χ4v) is 3.45. The molecule has 3 nitrogen and oxygen atoms in total. The van der Waals surface area contributed by atoms with Crippen LogP contribution < -0.4 is 5.32 Å².